The zero-order valence-corrected chi connectivity index (χ0v) is 9.03. The summed E-state index contributed by atoms with van der Waals surface area (Å²) in [5.41, 5.74) is 1.01. The lowest BCUT2D eigenvalue weighted by Crippen LogP contribution is -2.04. The molecule has 1 aliphatic rings. The molecule has 0 radical (unpaired) electrons. The minimum Gasteiger partial charge on any atom is -0.481 e. The number of carboxylic acid groups (broad SMARTS) is 1. The van der Waals surface area contributed by atoms with E-state index in [0.29, 0.717) is 5.92 Å². The van der Waals surface area contributed by atoms with Gasteiger partial charge in [-0.1, -0.05) is 12.1 Å². The summed E-state index contributed by atoms with van der Waals surface area (Å²) < 4.78 is 13.0. The number of aliphatic carboxylic acids is 1. The zero-order chi connectivity index (χ0) is 11.5. The van der Waals surface area contributed by atoms with Crippen LogP contribution in [0.1, 0.15) is 37.2 Å². The highest BCUT2D eigenvalue weighted by molar-refractivity contribution is 5.67. The molecule has 2 nitrogen and oxygen atoms in total. The maximum atomic E-state index is 13.0. The van der Waals surface area contributed by atoms with Crippen molar-refractivity contribution in [3.05, 3.63) is 35.6 Å². The Labute approximate surface area is 94.1 Å². The maximum Gasteiger partial charge on any atom is 0.303 e. The van der Waals surface area contributed by atoms with Gasteiger partial charge in [0.05, 0.1) is 0 Å². The lowest BCUT2D eigenvalue weighted by molar-refractivity contribution is -0.138. The van der Waals surface area contributed by atoms with Gasteiger partial charge in [0.25, 0.3) is 0 Å². The molecule has 86 valence electrons. The third-order valence-corrected chi connectivity index (χ3v) is 3.32. The smallest absolute Gasteiger partial charge is 0.303 e. The second kappa shape index (κ2) is 4.64. The molecular formula is C13H15FO2. The summed E-state index contributed by atoms with van der Waals surface area (Å²) in [5.74, 6) is -0.352. The normalized spacial score (nSPS) is 24.6. The quantitative estimate of drug-likeness (QED) is 0.852. The average molecular weight is 222 g/mol. The SMILES string of the molecule is O=C(O)CC1CCC(c2cccc(F)c2)C1. The van der Waals surface area contributed by atoms with Gasteiger partial charge in [0.1, 0.15) is 5.82 Å². The van der Waals surface area contributed by atoms with E-state index in [2.05, 4.69) is 0 Å². The molecule has 0 bridgehead atoms. The molecule has 1 aliphatic carbocycles. The Morgan fingerprint density at radius 1 is 1.44 bits per heavy atom. The van der Waals surface area contributed by atoms with Crippen molar-refractivity contribution in [2.45, 2.75) is 31.6 Å². The van der Waals surface area contributed by atoms with Gasteiger partial charge in [0.15, 0.2) is 0 Å². The van der Waals surface area contributed by atoms with Crippen molar-refractivity contribution >= 4 is 5.97 Å². The Balaban J connectivity index is 2.00. The van der Waals surface area contributed by atoms with Crippen LogP contribution in [0.25, 0.3) is 0 Å². The number of rotatable bonds is 3. The van der Waals surface area contributed by atoms with Crippen LogP contribution in [0.3, 0.4) is 0 Å². The van der Waals surface area contributed by atoms with Crippen LogP contribution in [0.2, 0.25) is 0 Å². The van der Waals surface area contributed by atoms with Crippen molar-refractivity contribution in [2.24, 2.45) is 5.92 Å². The van der Waals surface area contributed by atoms with Crippen molar-refractivity contribution in [1.82, 2.24) is 0 Å². The number of carboxylic acids is 1. The molecule has 1 fully saturated rings. The molecule has 0 saturated heterocycles. The predicted octanol–water partition coefficient (Wildman–Crippen LogP) is 3.18. The monoisotopic (exact) mass is 222 g/mol. The van der Waals surface area contributed by atoms with E-state index < -0.39 is 5.97 Å². The highest BCUT2D eigenvalue weighted by Crippen LogP contribution is 2.39. The van der Waals surface area contributed by atoms with Crippen LogP contribution >= 0.6 is 0 Å². The van der Waals surface area contributed by atoms with Crippen molar-refractivity contribution in [1.29, 1.82) is 0 Å². The summed E-state index contributed by atoms with van der Waals surface area (Å²) in [6.45, 7) is 0. The number of halogens is 1. The molecule has 1 aromatic carbocycles. The fourth-order valence-corrected chi connectivity index (χ4v) is 2.57. The van der Waals surface area contributed by atoms with Crippen LogP contribution in [-0.2, 0) is 4.79 Å². The summed E-state index contributed by atoms with van der Waals surface area (Å²) >= 11 is 0. The minimum absolute atomic E-state index is 0.209. The summed E-state index contributed by atoms with van der Waals surface area (Å²) in [6.07, 6.45) is 3.02. The molecule has 0 aromatic heterocycles. The van der Waals surface area contributed by atoms with E-state index in [0.717, 1.165) is 24.8 Å². The van der Waals surface area contributed by atoms with E-state index in [1.165, 1.54) is 6.07 Å². The van der Waals surface area contributed by atoms with Crippen LogP contribution in [0, 0.1) is 11.7 Å². The van der Waals surface area contributed by atoms with Crippen molar-refractivity contribution in [2.75, 3.05) is 0 Å². The summed E-state index contributed by atoms with van der Waals surface area (Å²) in [7, 11) is 0. The molecule has 1 saturated carbocycles. The Bertz CT molecular complexity index is 389. The van der Waals surface area contributed by atoms with E-state index in [1.54, 1.807) is 12.1 Å². The van der Waals surface area contributed by atoms with Gasteiger partial charge in [-0.15, -0.1) is 0 Å². The standard InChI is InChI=1S/C13H15FO2/c14-12-3-1-2-10(8-12)11-5-4-9(6-11)7-13(15)16/h1-3,8-9,11H,4-7H2,(H,15,16). The number of benzene rings is 1. The van der Waals surface area contributed by atoms with E-state index >= 15 is 0 Å². The van der Waals surface area contributed by atoms with Crippen LogP contribution in [0.4, 0.5) is 4.39 Å². The number of carbonyl (C=O) groups is 1. The molecule has 3 heteroatoms. The van der Waals surface area contributed by atoms with Gasteiger partial charge in [-0.2, -0.15) is 0 Å². The molecule has 2 atom stereocenters. The molecule has 1 aromatic rings. The lowest BCUT2D eigenvalue weighted by Gasteiger charge is -2.10. The Kier molecular flexibility index (Phi) is 3.22. The fraction of sp³-hybridized carbons (Fsp3) is 0.462. The fourth-order valence-electron chi connectivity index (χ4n) is 2.57. The average Bonchev–Trinajstić information content (AvgIpc) is 2.65. The predicted molar refractivity (Wildman–Crippen MR) is 58.7 cm³/mol. The van der Waals surface area contributed by atoms with Crippen molar-refractivity contribution in [3.8, 4) is 0 Å². The third kappa shape index (κ3) is 2.60. The first-order valence-electron chi connectivity index (χ1n) is 5.62. The maximum absolute atomic E-state index is 13.0. The molecule has 0 heterocycles. The Morgan fingerprint density at radius 2 is 2.25 bits per heavy atom. The van der Waals surface area contributed by atoms with Crippen molar-refractivity contribution < 1.29 is 14.3 Å². The van der Waals surface area contributed by atoms with Crippen LogP contribution in [-0.4, -0.2) is 11.1 Å². The van der Waals surface area contributed by atoms with E-state index in [1.807, 2.05) is 6.07 Å². The molecular weight excluding hydrogens is 207 g/mol. The molecule has 0 spiro atoms. The van der Waals surface area contributed by atoms with Gasteiger partial charge in [-0.05, 0) is 48.8 Å². The van der Waals surface area contributed by atoms with Crippen molar-refractivity contribution in [3.63, 3.8) is 0 Å². The first kappa shape index (κ1) is 11.1. The molecule has 16 heavy (non-hydrogen) atoms. The Hall–Kier alpha value is -1.38. The van der Waals surface area contributed by atoms with E-state index in [4.69, 9.17) is 5.11 Å². The first-order valence-corrected chi connectivity index (χ1v) is 5.62. The second-order valence-corrected chi connectivity index (χ2v) is 4.53. The van der Waals surface area contributed by atoms with Crippen LogP contribution in [0.15, 0.2) is 24.3 Å². The van der Waals surface area contributed by atoms with Gasteiger partial charge < -0.3 is 5.11 Å². The molecule has 2 unspecified atom stereocenters. The minimum atomic E-state index is -0.732. The largest absolute Gasteiger partial charge is 0.481 e. The summed E-state index contributed by atoms with van der Waals surface area (Å²) in [4.78, 5) is 10.6. The molecule has 0 amide bonds. The third-order valence-electron chi connectivity index (χ3n) is 3.32. The lowest BCUT2D eigenvalue weighted by atomic mass is 9.95. The molecule has 1 N–H and O–H groups in total. The van der Waals surface area contributed by atoms with Gasteiger partial charge in [-0.3, -0.25) is 4.79 Å². The van der Waals surface area contributed by atoms with Gasteiger partial charge in [-0.25, -0.2) is 4.39 Å². The second-order valence-electron chi connectivity index (χ2n) is 4.53. The van der Waals surface area contributed by atoms with E-state index in [9.17, 15) is 9.18 Å². The first-order chi connectivity index (χ1) is 7.65. The molecule has 0 aliphatic heterocycles. The van der Waals surface area contributed by atoms with Gasteiger partial charge in [0.2, 0.25) is 0 Å². The van der Waals surface area contributed by atoms with E-state index in [-0.39, 0.29) is 18.2 Å². The summed E-state index contributed by atoms with van der Waals surface area (Å²) in [5, 5.41) is 8.71. The van der Waals surface area contributed by atoms with Crippen LogP contribution in [0.5, 0.6) is 0 Å². The topological polar surface area (TPSA) is 37.3 Å². The zero-order valence-electron chi connectivity index (χ0n) is 9.03. The van der Waals surface area contributed by atoms with Gasteiger partial charge >= 0.3 is 5.97 Å². The summed E-state index contributed by atoms with van der Waals surface area (Å²) in [6, 6.07) is 6.65. The number of hydrogen-bond donors (Lipinski definition) is 1. The number of hydrogen-bond acceptors (Lipinski definition) is 1. The van der Waals surface area contributed by atoms with Gasteiger partial charge in [0, 0.05) is 6.42 Å². The van der Waals surface area contributed by atoms with Crippen LogP contribution < -0.4 is 0 Å². The highest BCUT2D eigenvalue weighted by atomic mass is 19.1. The highest BCUT2D eigenvalue weighted by Gasteiger charge is 2.27. The molecule has 2 rings (SSSR count). The Morgan fingerprint density at radius 3 is 2.94 bits per heavy atom.